The molecule has 0 atom stereocenters. The number of rotatable bonds is 8. The maximum atomic E-state index is 12.3. The average Bonchev–Trinajstić information content (AvgIpc) is 2.60. The van der Waals surface area contributed by atoms with Gasteiger partial charge in [0.1, 0.15) is 0 Å². The zero-order valence-corrected chi connectivity index (χ0v) is 16.1. The highest BCUT2D eigenvalue weighted by atomic mass is 32.2. The van der Waals surface area contributed by atoms with Crippen molar-refractivity contribution in [1.82, 2.24) is 5.32 Å². The smallest absolute Gasteiger partial charge is 0.251 e. The van der Waals surface area contributed by atoms with Crippen LogP contribution in [0.5, 0.6) is 0 Å². The summed E-state index contributed by atoms with van der Waals surface area (Å²) in [7, 11) is -3.38. The van der Waals surface area contributed by atoms with Gasteiger partial charge >= 0.3 is 0 Å². The second-order valence-corrected chi connectivity index (χ2v) is 7.72. The highest BCUT2D eigenvalue weighted by molar-refractivity contribution is 7.92. The third kappa shape index (κ3) is 5.77. The van der Waals surface area contributed by atoms with Crippen molar-refractivity contribution in [1.29, 1.82) is 0 Å². The maximum absolute atomic E-state index is 12.3. The molecule has 7 heteroatoms. The molecular formula is C19H25N3O3S. The number of carbonyl (C=O) groups is 1. The monoisotopic (exact) mass is 375 g/mol. The Morgan fingerprint density at radius 3 is 2.27 bits per heavy atom. The largest absolute Gasteiger partial charge is 0.372 e. The normalized spacial score (nSPS) is 11.0. The Morgan fingerprint density at radius 2 is 1.69 bits per heavy atom. The Morgan fingerprint density at radius 1 is 1.04 bits per heavy atom. The van der Waals surface area contributed by atoms with Gasteiger partial charge in [-0.2, -0.15) is 0 Å². The second-order valence-electron chi connectivity index (χ2n) is 5.98. The van der Waals surface area contributed by atoms with E-state index in [-0.39, 0.29) is 5.91 Å². The molecule has 2 aromatic carbocycles. The fourth-order valence-corrected chi connectivity index (χ4v) is 3.19. The van der Waals surface area contributed by atoms with Crippen LogP contribution in [0.15, 0.2) is 48.5 Å². The first kappa shape index (κ1) is 19.8. The number of nitrogens with one attached hydrogen (secondary N) is 2. The van der Waals surface area contributed by atoms with Crippen LogP contribution in [0.25, 0.3) is 0 Å². The van der Waals surface area contributed by atoms with Gasteiger partial charge in [-0.15, -0.1) is 0 Å². The summed E-state index contributed by atoms with van der Waals surface area (Å²) in [5, 5.41) is 2.85. The van der Waals surface area contributed by atoms with Gasteiger partial charge in [0, 0.05) is 36.6 Å². The van der Waals surface area contributed by atoms with Crippen molar-refractivity contribution in [3.05, 3.63) is 59.7 Å². The molecule has 0 saturated carbocycles. The van der Waals surface area contributed by atoms with Crippen molar-refractivity contribution < 1.29 is 13.2 Å². The molecule has 0 fully saturated rings. The van der Waals surface area contributed by atoms with E-state index in [0.29, 0.717) is 17.8 Å². The molecule has 2 N–H and O–H groups in total. The summed E-state index contributed by atoms with van der Waals surface area (Å²) in [5.74, 6) is -0.255. The van der Waals surface area contributed by atoms with Crippen LogP contribution in [-0.4, -0.2) is 33.7 Å². The molecule has 26 heavy (non-hydrogen) atoms. The molecule has 6 nitrogen and oxygen atoms in total. The molecule has 2 rings (SSSR count). The number of amides is 1. The molecule has 1 amide bonds. The molecule has 0 heterocycles. The fraction of sp³-hybridized carbons (Fsp3) is 0.316. The topological polar surface area (TPSA) is 78.5 Å². The van der Waals surface area contributed by atoms with Crippen LogP contribution in [0.1, 0.15) is 29.8 Å². The van der Waals surface area contributed by atoms with Crippen LogP contribution in [0.4, 0.5) is 11.4 Å². The third-order valence-corrected chi connectivity index (χ3v) is 4.55. The van der Waals surface area contributed by atoms with Crippen molar-refractivity contribution >= 4 is 27.3 Å². The van der Waals surface area contributed by atoms with Crippen LogP contribution in [0, 0.1) is 0 Å². The summed E-state index contributed by atoms with van der Waals surface area (Å²) in [5.41, 5.74) is 2.92. The summed E-state index contributed by atoms with van der Waals surface area (Å²) in [4.78, 5) is 14.6. The first-order valence-corrected chi connectivity index (χ1v) is 10.4. The summed E-state index contributed by atoms with van der Waals surface area (Å²) >= 11 is 0. The van der Waals surface area contributed by atoms with Crippen LogP contribution >= 0.6 is 0 Å². The highest BCUT2D eigenvalue weighted by Gasteiger charge is 2.08. The molecule has 0 aromatic heterocycles. The summed E-state index contributed by atoms with van der Waals surface area (Å²) < 4.78 is 25.0. The molecule has 0 aliphatic carbocycles. The Bertz CT molecular complexity index is 845. The van der Waals surface area contributed by atoms with E-state index >= 15 is 0 Å². The minimum atomic E-state index is -3.38. The van der Waals surface area contributed by atoms with Gasteiger partial charge in [0.2, 0.25) is 10.0 Å². The third-order valence-electron chi connectivity index (χ3n) is 3.95. The van der Waals surface area contributed by atoms with Crippen LogP contribution in [0.3, 0.4) is 0 Å². The van der Waals surface area contributed by atoms with E-state index in [1.807, 2.05) is 24.3 Å². The molecule has 0 spiro atoms. The Balaban J connectivity index is 1.99. The van der Waals surface area contributed by atoms with Gasteiger partial charge in [0.05, 0.1) is 6.26 Å². The molecule has 0 unspecified atom stereocenters. The van der Waals surface area contributed by atoms with E-state index in [1.165, 1.54) is 6.07 Å². The highest BCUT2D eigenvalue weighted by Crippen LogP contribution is 2.15. The maximum Gasteiger partial charge on any atom is 0.251 e. The van der Waals surface area contributed by atoms with E-state index in [0.717, 1.165) is 30.6 Å². The zero-order valence-electron chi connectivity index (χ0n) is 15.3. The molecule has 0 aliphatic heterocycles. The van der Waals surface area contributed by atoms with Crippen LogP contribution in [0.2, 0.25) is 0 Å². The average molecular weight is 375 g/mol. The number of carbonyl (C=O) groups excluding carboxylic acids is 1. The lowest BCUT2D eigenvalue weighted by molar-refractivity contribution is 0.0951. The predicted octanol–water partition coefficient (Wildman–Crippen LogP) is 2.83. The fourth-order valence-electron chi connectivity index (χ4n) is 2.64. The lowest BCUT2D eigenvalue weighted by Crippen LogP contribution is -2.23. The van der Waals surface area contributed by atoms with Gasteiger partial charge in [-0.05, 0) is 49.7 Å². The van der Waals surface area contributed by atoms with Crippen LogP contribution in [-0.2, 0) is 16.6 Å². The molecule has 0 radical (unpaired) electrons. The van der Waals surface area contributed by atoms with Crippen LogP contribution < -0.4 is 14.9 Å². The number of anilines is 2. The Kier molecular flexibility index (Phi) is 6.63. The van der Waals surface area contributed by atoms with E-state index < -0.39 is 10.0 Å². The molecule has 0 saturated heterocycles. The number of hydrogen-bond donors (Lipinski definition) is 2. The van der Waals surface area contributed by atoms with Gasteiger partial charge in [-0.3, -0.25) is 9.52 Å². The van der Waals surface area contributed by atoms with E-state index in [9.17, 15) is 13.2 Å². The number of sulfonamides is 1. The minimum Gasteiger partial charge on any atom is -0.372 e. The van der Waals surface area contributed by atoms with Crippen molar-refractivity contribution in [2.75, 3.05) is 29.0 Å². The molecule has 2 aromatic rings. The minimum absolute atomic E-state index is 0.255. The number of nitrogens with zero attached hydrogens (tertiary/aromatic N) is 1. The molecule has 0 bridgehead atoms. The first-order chi connectivity index (χ1) is 12.3. The van der Waals surface area contributed by atoms with Gasteiger partial charge in [-0.1, -0.05) is 18.2 Å². The van der Waals surface area contributed by atoms with Gasteiger partial charge in [0.25, 0.3) is 5.91 Å². The molecule has 0 aliphatic rings. The summed E-state index contributed by atoms with van der Waals surface area (Å²) in [6.45, 7) is 6.53. The zero-order chi connectivity index (χ0) is 19.2. The quantitative estimate of drug-likeness (QED) is 0.744. The van der Waals surface area contributed by atoms with Crippen molar-refractivity contribution in [3.63, 3.8) is 0 Å². The van der Waals surface area contributed by atoms with E-state index in [2.05, 4.69) is 28.8 Å². The van der Waals surface area contributed by atoms with E-state index in [4.69, 9.17) is 0 Å². The number of benzene rings is 2. The Labute approximate surface area is 155 Å². The van der Waals surface area contributed by atoms with Gasteiger partial charge in [0.15, 0.2) is 0 Å². The van der Waals surface area contributed by atoms with Gasteiger partial charge in [-0.25, -0.2) is 8.42 Å². The number of hydrogen-bond acceptors (Lipinski definition) is 4. The summed E-state index contributed by atoms with van der Waals surface area (Å²) in [6, 6.07) is 14.5. The molecular weight excluding hydrogens is 350 g/mol. The van der Waals surface area contributed by atoms with Crippen molar-refractivity contribution in [3.8, 4) is 0 Å². The molecule has 140 valence electrons. The Hall–Kier alpha value is -2.54. The van der Waals surface area contributed by atoms with Gasteiger partial charge < -0.3 is 10.2 Å². The lowest BCUT2D eigenvalue weighted by Gasteiger charge is -2.21. The predicted molar refractivity (Wildman–Crippen MR) is 106 cm³/mol. The van der Waals surface area contributed by atoms with Crippen molar-refractivity contribution in [2.24, 2.45) is 0 Å². The lowest BCUT2D eigenvalue weighted by atomic mass is 10.1. The SMILES string of the molecule is CCN(CC)c1ccc(CNC(=O)c2cccc(NS(C)(=O)=O)c2)cc1. The second kappa shape index (κ2) is 8.71. The van der Waals surface area contributed by atoms with Crippen molar-refractivity contribution in [2.45, 2.75) is 20.4 Å². The summed E-state index contributed by atoms with van der Waals surface area (Å²) in [6.07, 6.45) is 1.07. The van der Waals surface area contributed by atoms with E-state index in [1.54, 1.807) is 18.2 Å². The standard InChI is InChI=1S/C19H25N3O3S/c1-4-22(5-2)18-11-9-15(10-12-18)14-20-19(23)16-7-6-8-17(13-16)21-26(3,24)25/h6-13,21H,4-5,14H2,1-3H3,(H,20,23). The first-order valence-electron chi connectivity index (χ1n) is 8.52.